The number of ketones is 1. The van der Waals surface area contributed by atoms with Gasteiger partial charge in [0.1, 0.15) is 0 Å². The van der Waals surface area contributed by atoms with Crippen LogP contribution in [0.3, 0.4) is 0 Å². The van der Waals surface area contributed by atoms with Gasteiger partial charge in [-0.25, -0.2) is 0 Å². The van der Waals surface area contributed by atoms with Crippen LogP contribution in [0.1, 0.15) is 0 Å². The number of hydrogen-bond donors (Lipinski definition) is 0. The summed E-state index contributed by atoms with van der Waals surface area (Å²) in [4.78, 5) is 12.5. The molecule has 4 bridgehead atoms. The van der Waals surface area contributed by atoms with Crippen molar-refractivity contribution < 1.29 is 14.3 Å². The van der Waals surface area contributed by atoms with Crippen LogP contribution in [0.4, 0.5) is 0 Å². The third kappa shape index (κ3) is 0.514. The second kappa shape index (κ2) is 2.11. The predicted octanol–water partition coefficient (Wildman–Crippen LogP) is 1.33. The zero-order valence-electron chi connectivity index (χ0n) is 8.86. The minimum Gasteiger partial charge on any atom is -0.346 e. The Morgan fingerprint density at radius 3 is 2.24 bits per heavy atom. The number of rotatable bonds is 0. The fraction of sp³-hybridized carbons (Fsp3) is 0.917. The van der Waals surface area contributed by atoms with E-state index in [4.69, 9.17) is 9.47 Å². The van der Waals surface area contributed by atoms with E-state index in [1.54, 1.807) is 0 Å². The van der Waals surface area contributed by atoms with E-state index in [1.165, 1.54) is 0 Å². The third-order valence-electron chi connectivity index (χ3n) is 6.63. The maximum absolute atomic E-state index is 12.5. The van der Waals surface area contributed by atoms with Crippen molar-refractivity contribution in [3.05, 3.63) is 0 Å². The Hall–Kier alpha value is 0.550. The largest absolute Gasteiger partial charge is 0.346 e. The van der Waals surface area contributed by atoms with E-state index in [0.29, 0.717) is 48.6 Å². The molecular formula is C12H10Br2O3. The Labute approximate surface area is 115 Å². The smallest absolute Gasteiger partial charge is 0.188 e. The van der Waals surface area contributed by atoms with Gasteiger partial charge >= 0.3 is 0 Å². The molecule has 7 rings (SSSR count). The predicted molar refractivity (Wildman–Crippen MR) is 63.9 cm³/mol. The molecule has 6 saturated carbocycles. The highest BCUT2D eigenvalue weighted by Crippen LogP contribution is 2.96. The number of carbonyl (C=O) groups is 1. The number of carbonyl (C=O) groups excluding carboxylic acids is 1. The van der Waals surface area contributed by atoms with E-state index >= 15 is 0 Å². The van der Waals surface area contributed by atoms with Crippen LogP contribution in [0.5, 0.6) is 0 Å². The Morgan fingerprint density at radius 2 is 1.65 bits per heavy atom. The second-order valence-electron chi connectivity index (χ2n) is 6.42. The van der Waals surface area contributed by atoms with Crippen LogP contribution in [0.25, 0.3) is 0 Å². The summed E-state index contributed by atoms with van der Waals surface area (Å²) in [5, 5.41) is 0. The zero-order chi connectivity index (χ0) is 11.4. The average molecular weight is 362 g/mol. The first kappa shape index (κ1) is 9.45. The molecule has 3 nitrogen and oxygen atoms in total. The lowest BCUT2D eigenvalue weighted by molar-refractivity contribution is -0.199. The summed E-state index contributed by atoms with van der Waals surface area (Å²) >= 11 is 7.73. The highest BCUT2D eigenvalue weighted by Gasteiger charge is 3.04. The van der Waals surface area contributed by atoms with Gasteiger partial charge < -0.3 is 9.47 Å². The van der Waals surface area contributed by atoms with Crippen molar-refractivity contribution in [1.82, 2.24) is 0 Å². The van der Waals surface area contributed by atoms with Gasteiger partial charge in [-0.05, 0) is 23.7 Å². The first-order valence-electron chi connectivity index (χ1n) is 6.30. The molecule has 1 saturated heterocycles. The topological polar surface area (TPSA) is 35.5 Å². The molecule has 0 amide bonds. The minimum atomic E-state index is -0.476. The summed E-state index contributed by atoms with van der Waals surface area (Å²) in [5.74, 6) is 2.50. The molecule has 5 heteroatoms. The van der Waals surface area contributed by atoms with Crippen molar-refractivity contribution in [2.75, 3.05) is 13.2 Å². The summed E-state index contributed by atoms with van der Waals surface area (Å²) in [7, 11) is 0. The van der Waals surface area contributed by atoms with Crippen molar-refractivity contribution in [3.8, 4) is 0 Å². The molecule has 1 spiro atoms. The zero-order valence-corrected chi connectivity index (χ0v) is 12.0. The Kier molecular flexibility index (Phi) is 1.17. The van der Waals surface area contributed by atoms with Gasteiger partial charge in [0, 0.05) is 11.8 Å². The molecule has 1 heterocycles. The Balaban J connectivity index is 1.69. The summed E-state index contributed by atoms with van der Waals surface area (Å²) in [6, 6.07) is 0. The van der Waals surface area contributed by atoms with Crippen molar-refractivity contribution in [2.24, 2.45) is 35.5 Å². The highest BCUT2D eigenvalue weighted by molar-refractivity contribution is 9.10. The molecular weight excluding hydrogens is 352 g/mol. The van der Waals surface area contributed by atoms with Crippen LogP contribution in [-0.4, -0.2) is 33.4 Å². The van der Waals surface area contributed by atoms with Gasteiger partial charge in [-0.15, -0.1) is 0 Å². The molecule has 17 heavy (non-hydrogen) atoms. The Morgan fingerprint density at radius 1 is 1.00 bits per heavy atom. The van der Waals surface area contributed by atoms with Gasteiger partial charge in [-0.2, -0.15) is 0 Å². The van der Waals surface area contributed by atoms with E-state index < -0.39 is 5.79 Å². The quantitative estimate of drug-likeness (QED) is 0.611. The monoisotopic (exact) mass is 360 g/mol. The summed E-state index contributed by atoms with van der Waals surface area (Å²) < 4.78 is 11.8. The lowest BCUT2D eigenvalue weighted by Gasteiger charge is -2.69. The molecule has 0 unspecified atom stereocenters. The second-order valence-corrected chi connectivity index (χ2v) is 9.04. The van der Waals surface area contributed by atoms with Gasteiger partial charge in [-0.1, -0.05) is 31.9 Å². The maximum atomic E-state index is 12.5. The molecule has 0 N–H and O–H groups in total. The molecule has 7 fully saturated rings. The van der Waals surface area contributed by atoms with Crippen LogP contribution in [0.2, 0.25) is 0 Å². The van der Waals surface area contributed by atoms with Crippen LogP contribution < -0.4 is 0 Å². The molecule has 0 aromatic carbocycles. The number of alkyl halides is 2. The molecule has 6 aliphatic carbocycles. The van der Waals surface area contributed by atoms with E-state index in [9.17, 15) is 4.79 Å². The van der Waals surface area contributed by atoms with E-state index in [1.807, 2.05) is 0 Å². The van der Waals surface area contributed by atoms with Crippen molar-refractivity contribution in [1.29, 1.82) is 0 Å². The number of halogens is 2. The normalized spacial score (nSPS) is 74.6. The van der Waals surface area contributed by atoms with Crippen LogP contribution in [-0.2, 0) is 14.3 Å². The third-order valence-corrected chi connectivity index (χ3v) is 9.69. The number of Topliss-reactive ketones (excluding diaryl/α,β-unsaturated/α-hetero) is 1. The standard InChI is InChI=1S/C12H10Br2O3/c13-10-6-4-3(9(10)15)5-7(10)8(6)11(4,14)12(5)16-1-2-17-12/h3-8H,1-2H2/t3-,4-,5+,6-,7-,8+,10+,11+/m1/s1. The molecule has 7 aliphatic rings. The summed E-state index contributed by atoms with van der Waals surface area (Å²) in [5.41, 5.74) is 0. The van der Waals surface area contributed by atoms with Crippen LogP contribution >= 0.6 is 31.9 Å². The van der Waals surface area contributed by atoms with Crippen LogP contribution in [0, 0.1) is 35.5 Å². The lowest BCUT2D eigenvalue weighted by atomic mass is 9.40. The van der Waals surface area contributed by atoms with Gasteiger partial charge in [0.15, 0.2) is 11.6 Å². The minimum absolute atomic E-state index is 0.0510. The van der Waals surface area contributed by atoms with Crippen molar-refractivity contribution in [2.45, 2.75) is 14.4 Å². The van der Waals surface area contributed by atoms with Gasteiger partial charge in [0.2, 0.25) is 0 Å². The summed E-state index contributed by atoms with van der Waals surface area (Å²) in [6.07, 6.45) is 0. The fourth-order valence-corrected chi connectivity index (χ4v) is 9.62. The SMILES string of the molecule is O=C1[C@H]2[C@H]3[C@@H]4[C@@H]5[C@@H]([C@@H]2[C@@]5(Br)C32OCCO2)[C@@]14Br. The fourth-order valence-electron chi connectivity index (χ4n) is 6.58. The number of ether oxygens (including phenoxy) is 2. The van der Waals surface area contributed by atoms with Crippen LogP contribution in [0.15, 0.2) is 0 Å². The average Bonchev–Trinajstić information content (AvgIpc) is 2.96. The summed E-state index contributed by atoms with van der Waals surface area (Å²) in [6.45, 7) is 1.35. The molecule has 0 aromatic heterocycles. The van der Waals surface area contributed by atoms with E-state index in [2.05, 4.69) is 31.9 Å². The maximum Gasteiger partial charge on any atom is 0.188 e. The lowest BCUT2D eigenvalue weighted by Crippen LogP contribution is -2.75. The first-order valence-corrected chi connectivity index (χ1v) is 7.89. The molecule has 8 atom stereocenters. The molecule has 90 valence electrons. The van der Waals surface area contributed by atoms with Crippen molar-refractivity contribution in [3.63, 3.8) is 0 Å². The Bertz CT molecular complexity index is 516. The van der Waals surface area contributed by atoms with E-state index in [0.717, 1.165) is 0 Å². The van der Waals surface area contributed by atoms with Gasteiger partial charge in [0.25, 0.3) is 0 Å². The molecule has 1 aliphatic heterocycles. The van der Waals surface area contributed by atoms with E-state index in [-0.39, 0.29) is 14.6 Å². The molecule has 0 radical (unpaired) electrons. The molecule has 0 aromatic rings. The van der Waals surface area contributed by atoms with Gasteiger partial charge in [-0.3, -0.25) is 4.79 Å². The van der Waals surface area contributed by atoms with Gasteiger partial charge in [0.05, 0.1) is 21.9 Å². The first-order chi connectivity index (χ1) is 8.10. The number of hydrogen-bond acceptors (Lipinski definition) is 3. The van der Waals surface area contributed by atoms with Crippen molar-refractivity contribution >= 4 is 37.6 Å². The highest BCUT2D eigenvalue weighted by atomic mass is 79.9.